The fourth-order valence-corrected chi connectivity index (χ4v) is 4.15. The molecule has 3 rings (SSSR count). The summed E-state index contributed by atoms with van der Waals surface area (Å²) in [5.74, 6) is 0. The molecule has 0 atom stereocenters. The standard InChI is InChI=1S/C28H33BrN2/c1-4-31(3)21-30-28-20-27(29)26(12-8-9-22(28)2)18-17-23-13-15-25(16-14-23)19-24-10-6-5-7-11-24/h5-7,10-16,20-21H,4,8-9,17-19H2,1-3H3/b26-12+,27-20+,28-22+,30-21?. The van der Waals surface area contributed by atoms with Crippen LogP contribution in [-0.2, 0) is 12.8 Å². The molecule has 0 unspecified atom stereocenters. The molecule has 2 nitrogen and oxygen atoms in total. The van der Waals surface area contributed by atoms with E-state index in [0.717, 1.165) is 48.8 Å². The van der Waals surface area contributed by atoms with Crippen LogP contribution < -0.4 is 0 Å². The number of aryl methyl sites for hydroxylation is 1. The van der Waals surface area contributed by atoms with Crippen molar-refractivity contribution in [2.24, 2.45) is 4.99 Å². The number of hydrogen-bond donors (Lipinski definition) is 0. The first-order valence-corrected chi connectivity index (χ1v) is 12.0. The predicted octanol–water partition coefficient (Wildman–Crippen LogP) is 7.46. The van der Waals surface area contributed by atoms with Crippen LogP contribution >= 0.6 is 15.9 Å². The van der Waals surface area contributed by atoms with Crippen LogP contribution in [0.5, 0.6) is 0 Å². The van der Waals surface area contributed by atoms with Gasteiger partial charge in [-0.3, -0.25) is 0 Å². The van der Waals surface area contributed by atoms with Crippen molar-refractivity contribution in [3.8, 4) is 0 Å². The first kappa shape index (κ1) is 23.3. The van der Waals surface area contributed by atoms with Crippen molar-refractivity contribution >= 4 is 22.3 Å². The van der Waals surface area contributed by atoms with Gasteiger partial charge in [-0.2, -0.15) is 0 Å². The van der Waals surface area contributed by atoms with Crippen molar-refractivity contribution in [2.45, 2.75) is 46.0 Å². The minimum atomic E-state index is 0.954. The Morgan fingerprint density at radius 2 is 1.65 bits per heavy atom. The highest BCUT2D eigenvalue weighted by Crippen LogP contribution is 2.29. The van der Waals surface area contributed by atoms with Gasteiger partial charge in [-0.05, 0) is 79.9 Å². The number of benzene rings is 2. The van der Waals surface area contributed by atoms with Crippen LogP contribution in [0.25, 0.3) is 0 Å². The Bertz CT molecular complexity index is 966. The predicted molar refractivity (Wildman–Crippen MR) is 138 cm³/mol. The summed E-state index contributed by atoms with van der Waals surface area (Å²) in [6, 6.07) is 19.7. The molecule has 1 aliphatic rings. The lowest BCUT2D eigenvalue weighted by Gasteiger charge is -2.14. The van der Waals surface area contributed by atoms with Crippen LogP contribution in [0.1, 0.15) is 49.8 Å². The molecule has 0 radical (unpaired) electrons. The smallest absolute Gasteiger partial charge is 0.0909 e. The van der Waals surface area contributed by atoms with Crippen molar-refractivity contribution in [3.05, 3.63) is 105 Å². The average Bonchev–Trinajstić information content (AvgIpc) is 2.79. The Morgan fingerprint density at radius 1 is 0.968 bits per heavy atom. The maximum absolute atomic E-state index is 4.73. The summed E-state index contributed by atoms with van der Waals surface area (Å²) >= 11 is 3.82. The van der Waals surface area contributed by atoms with Crippen molar-refractivity contribution < 1.29 is 0 Å². The molecular weight excluding hydrogens is 444 g/mol. The zero-order valence-corrected chi connectivity index (χ0v) is 20.5. The van der Waals surface area contributed by atoms with Crippen molar-refractivity contribution in [1.29, 1.82) is 0 Å². The molecule has 0 amide bonds. The fourth-order valence-electron chi connectivity index (χ4n) is 3.57. The minimum Gasteiger partial charge on any atom is -0.366 e. The first-order valence-electron chi connectivity index (χ1n) is 11.2. The molecule has 0 saturated carbocycles. The molecule has 0 spiro atoms. The molecule has 1 aliphatic carbocycles. The van der Waals surface area contributed by atoms with E-state index in [0.29, 0.717) is 0 Å². The summed E-state index contributed by atoms with van der Waals surface area (Å²) in [4.78, 5) is 6.83. The van der Waals surface area contributed by atoms with Gasteiger partial charge >= 0.3 is 0 Å². The lowest BCUT2D eigenvalue weighted by Crippen LogP contribution is -2.14. The zero-order valence-electron chi connectivity index (χ0n) is 18.9. The minimum absolute atomic E-state index is 0.954. The van der Waals surface area contributed by atoms with Crippen molar-refractivity contribution in [2.75, 3.05) is 13.6 Å². The van der Waals surface area contributed by atoms with Gasteiger partial charge in [-0.1, -0.05) is 76.6 Å². The second-order valence-corrected chi connectivity index (χ2v) is 9.08. The highest BCUT2D eigenvalue weighted by atomic mass is 79.9. The largest absolute Gasteiger partial charge is 0.366 e. The molecule has 2 aromatic rings. The van der Waals surface area contributed by atoms with E-state index in [2.05, 4.69) is 108 Å². The summed E-state index contributed by atoms with van der Waals surface area (Å²) in [5, 5.41) is 0. The summed E-state index contributed by atoms with van der Waals surface area (Å²) in [5.41, 5.74) is 7.88. The van der Waals surface area contributed by atoms with Crippen LogP contribution in [0.2, 0.25) is 0 Å². The average molecular weight is 477 g/mol. The van der Waals surface area contributed by atoms with Crippen LogP contribution in [-0.4, -0.2) is 24.8 Å². The summed E-state index contributed by atoms with van der Waals surface area (Å²) < 4.78 is 1.15. The summed E-state index contributed by atoms with van der Waals surface area (Å²) in [6.07, 6.45) is 11.7. The Kier molecular flexibility index (Phi) is 8.90. The number of rotatable bonds is 8. The number of allylic oxidation sites excluding steroid dienone is 5. The molecule has 162 valence electrons. The zero-order chi connectivity index (χ0) is 22.1. The Balaban J connectivity index is 1.63. The number of halogens is 1. The summed E-state index contributed by atoms with van der Waals surface area (Å²) in [6.45, 7) is 5.27. The molecule has 3 heteroatoms. The normalized spacial score (nSPS) is 20.5. The molecule has 0 aromatic heterocycles. The molecule has 0 saturated heterocycles. The SMILES string of the molecule is CCN(C)C=NC1=C(\C)CC/C=C(CCc2ccc(Cc3ccccc3)cc2)/C(Br)=C\1. The van der Waals surface area contributed by atoms with Gasteiger partial charge in [0.25, 0.3) is 0 Å². The maximum atomic E-state index is 4.73. The van der Waals surface area contributed by atoms with Gasteiger partial charge in [-0.15, -0.1) is 0 Å². The molecule has 0 aliphatic heterocycles. The highest BCUT2D eigenvalue weighted by molar-refractivity contribution is 9.12. The van der Waals surface area contributed by atoms with Crippen molar-refractivity contribution in [3.63, 3.8) is 0 Å². The third kappa shape index (κ3) is 7.36. The second-order valence-electron chi connectivity index (χ2n) is 8.22. The molecule has 0 bridgehead atoms. The third-order valence-electron chi connectivity index (χ3n) is 5.77. The van der Waals surface area contributed by atoms with Gasteiger partial charge < -0.3 is 4.90 Å². The van der Waals surface area contributed by atoms with Gasteiger partial charge in [0.05, 0.1) is 12.0 Å². The van der Waals surface area contributed by atoms with Gasteiger partial charge in [0.15, 0.2) is 0 Å². The molecule has 2 aromatic carbocycles. The van der Waals surface area contributed by atoms with E-state index < -0.39 is 0 Å². The Morgan fingerprint density at radius 3 is 2.35 bits per heavy atom. The molecule has 0 N–H and O–H groups in total. The quantitative estimate of drug-likeness (QED) is 0.285. The lowest BCUT2D eigenvalue weighted by atomic mass is 9.97. The second kappa shape index (κ2) is 11.9. The van der Waals surface area contributed by atoms with Crippen molar-refractivity contribution in [1.82, 2.24) is 4.90 Å². The van der Waals surface area contributed by atoms with Gasteiger partial charge in [0.1, 0.15) is 0 Å². The topological polar surface area (TPSA) is 15.6 Å². The highest BCUT2D eigenvalue weighted by Gasteiger charge is 2.09. The van der Waals surface area contributed by atoms with E-state index in [-0.39, 0.29) is 0 Å². The molecule has 0 heterocycles. The fraction of sp³-hybridized carbons (Fsp3) is 0.321. The van der Waals surface area contributed by atoms with Crippen LogP contribution in [0, 0.1) is 0 Å². The lowest BCUT2D eigenvalue weighted by molar-refractivity contribution is 0.551. The maximum Gasteiger partial charge on any atom is 0.0909 e. The Hall–Kier alpha value is -2.39. The first-order chi connectivity index (χ1) is 15.0. The van der Waals surface area contributed by atoms with E-state index in [1.54, 1.807) is 0 Å². The van der Waals surface area contributed by atoms with E-state index in [9.17, 15) is 0 Å². The van der Waals surface area contributed by atoms with Crippen LogP contribution in [0.3, 0.4) is 0 Å². The summed E-state index contributed by atoms with van der Waals surface area (Å²) in [7, 11) is 2.05. The van der Waals surface area contributed by atoms with Crippen LogP contribution in [0.15, 0.2) is 93.1 Å². The monoisotopic (exact) mass is 476 g/mol. The van der Waals surface area contributed by atoms with E-state index in [4.69, 9.17) is 4.99 Å². The van der Waals surface area contributed by atoms with Gasteiger partial charge in [-0.25, -0.2) is 4.99 Å². The molecule has 0 fully saturated rings. The van der Waals surface area contributed by atoms with Crippen LogP contribution in [0.4, 0.5) is 0 Å². The van der Waals surface area contributed by atoms with Gasteiger partial charge in [0, 0.05) is 18.1 Å². The van der Waals surface area contributed by atoms with Gasteiger partial charge in [0.2, 0.25) is 0 Å². The molecule has 31 heavy (non-hydrogen) atoms. The van der Waals surface area contributed by atoms with E-state index >= 15 is 0 Å². The number of hydrogen-bond acceptors (Lipinski definition) is 1. The number of nitrogens with zero attached hydrogens (tertiary/aromatic N) is 2. The molecular formula is C28H33BrN2. The number of aliphatic imine (C=N–C) groups is 1. The van der Waals surface area contributed by atoms with E-state index in [1.807, 2.05) is 6.34 Å². The van der Waals surface area contributed by atoms with E-state index in [1.165, 1.54) is 27.8 Å². The third-order valence-corrected chi connectivity index (χ3v) is 6.51. The Labute approximate surface area is 196 Å².